The lowest BCUT2D eigenvalue weighted by Crippen LogP contribution is -2.26. The maximum atomic E-state index is 11.6. The molecule has 0 bridgehead atoms. The van der Waals surface area contributed by atoms with Crippen molar-refractivity contribution in [3.05, 3.63) is 10.4 Å². The smallest absolute Gasteiger partial charge is 0.278 e. The fraction of sp³-hybridized carbons (Fsp3) is 0.500. The van der Waals surface area contributed by atoms with Crippen molar-refractivity contribution in [3.8, 4) is 0 Å². The van der Waals surface area contributed by atoms with Crippen LogP contribution in [-0.2, 0) is 0 Å². The van der Waals surface area contributed by atoms with Gasteiger partial charge in [-0.15, -0.1) is 11.6 Å². The number of H-pyrrole nitrogens is 2. The van der Waals surface area contributed by atoms with Crippen LogP contribution in [0.3, 0.4) is 0 Å². The highest BCUT2D eigenvalue weighted by atomic mass is 35.5. The van der Waals surface area contributed by atoms with Crippen LogP contribution in [0.1, 0.15) is 13.8 Å². The van der Waals surface area contributed by atoms with E-state index in [4.69, 9.17) is 17.3 Å². The normalized spacial score (nSPS) is 11.8. The number of imidazole rings is 1. The Hall–Kier alpha value is -2.16. The first-order valence-electron chi connectivity index (χ1n) is 6.01. The predicted molar refractivity (Wildman–Crippen MR) is 76.0 cm³/mol. The van der Waals surface area contributed by atoms with Gasteiger partial charge in [-0.1, -0.05) is 10.3 Å². The molecule has 2 heterocycles. The van der Waals surface area contributed by atoms with E-state index in [1.54, 1.807) is 5.01 Å². The van der Waals surface area contributed by atoms with Crippen molar-refractivity contribution in [1.82, 2.24) is 24.9 Å². The van der Waals surface area contributed by atoms with Gasteiger partial charge < -0.3 is 10.7 Å². The van der Waals surface area contributed by atoms with Crippen molar-refractivity contribution >= 4 is 34.7 Å². The Labute approximate surface area is 119 Å². The molecular weight excluding hydrogens is 284 g/mol. The van der Waals surface area contributed by atoms with E-state index in [1.165, 1.54) is 0 Å². The molecule has 0 aliphatic heterocycles. The summed E-state index contributed by atoms with van der Waals surface area (Å²) in [6.45, 7) is 4.50. The van der Waals surface area contributed by atoms with Crippen LogP contribution in [-0.4, -0.2) is 43.4 Å². The number of rotatable bonds is 5. The van der Waals surface area contributed by atoms with E-state index in [-0.39, 0.29) is 29.1 Å². The first-order valence-corrected chi connectivity index (χ1v) is 6.54. The number of hydrogen-bond donors (Lipinski definition) is 3. The van der Waals surface area contributed by atoms with Crippen LogP contribution in [0.15, 0.2) is 15.1 Å². The number of nitrogens with zero attached hydrogens (tertiary/aromatic N) is 5. The summed E-state index contributed by atoms with van der Waals surface area (Å²) < 4.78 is 0. The summed E-state index contributed by atoms with van der Waals surface area (Å²) in [6, 6.07) is 0.152. The molecule has 0 aliphatic carbocycles. The predicted octanol–water partition coefficient (Wildman–Crippen LogP) is 1.18. The van der Waals surface area contributed by atoms with Gasteiger partial charge in [0.2, 0.25) is 5.95 Å². The highest BCUT2D eigenvalue weighted by Gasteiger charge is 2.09. The molecule has 10 heteroatoms. The van der Waals surface area contributed by atoms with Crippen molar-refractivity contribution in [2.75, 3.05) is 18.2 Å². The largest absolute Gasteiger partial charge is 0.369 e. The van der Waals surface area contributed by atoms with Gasteiger partial charge in [0.15, 0.2) is 11.2 Å². The third-order valence-electron chi connectivity index (χ3n) is 2.53. The summed E-state index contributed by atoms with van der Waals surface area (Å²) in [5.74, 6) is 0.627. The van der Waals surface area contributed by atoms with Gasteiger partial charge in [0.25, 0.3) is 11.5 Å². The summed E-state index contributed by atoms with van der Waals surface area (Å²) in [6.07, 6.45) is 0. The van der Waals surface area contributed by atoms with E-state index >= 15 is 0 Å². The van der Waals surface area contributed by atoms with Crippen molar-refractivity contribution < 1.29 is 0 Å². The average Bonchev–Trinajstić information content (AvgIpc) is 2.77. The first kappa shape index (κ1) is 14.3. The minimum absolute atomic E-state index is 0.00318. The minimum atomic E-state index is -0.400. The Kier molecular flexibility index (Phi) is 4.18. The van der Waals surface area contributed by atoms with Gasteiger partial charge in [-0.25, -0.2) is 0 Å². The van der Waals surface area contributed by atoms with Crippen LogP contribution < -0.4 is 11.3 Å². The summed E-state index contributed by atoms with van der Waals surface area (Å²) in [5.41, 5.74) is 5.45. The third-order valence-corrected chi connectivity index (χ3v) is 2.70. The number of nitrogen functional groups attached to an aromatic ring is 1. The quantitative estimate of drug-likeness (QED) is 0.433. The Balaban J connectivity index is 2.30. The minimum Gasteiger partial charge on any atom is -0.369 e. The van der Waals surface area contributed by atoms with Crippen LogP contribution in [0.25, 0.3) is 11.2 Å². The van der Waals surface area contributed by atoms with Gasteiger partial charge in [-0.3, -0.25) is 14.8 Å². The van der Waals surface area contributed by atoms with E-state index < -0.39 is 5.56 Å². The van der Waals surface area contributed by atoms with Crippen LogP contribution in [0, 0.1) is 0 Å². The molecular formula is C10H15ClN8O. The maximum absolute atomic E-state index is 11.6. The van der Waals surface area contributed by atoms with E-state index in [9.17, 15) is 4.79 Å². The molecule has 108 valence electrons. The average molecular weight is 299 g/mol. The molecule has 2 rings (SSSR count). The standard InChI is InChI=1S/C10H15ClN8O/c1-5(2)19(4-3-11)18-17-10-13-6-7(15-10)14-9(12)16-8(6)20/h5H,3-4H2,1-2H3,(H4,12,13,14,15,16,20)/b18-17+. The number of alkyl halides is 1. The third kappa shape index (κ3) is 3.05. The van der Waals surface area contributed by atoms with Crippen LogP contribution in [0.4, 0.5) is 11.9 Å². The van der Waals surface area contributed by atoms with Gasteiger partial charge in [0.1, 0.15) is 0 Å². The molecule has 0 unspecified atom stereocenters. The molecule has 2 aromatic heterocycles. The fourth-order valence-corrected chi connectivity index (χ4v) is 1.73. The van der Waals surface area contributed by atoms with Crippen molar-refractivity contribution in [2.45, 2.75) is 19.9 Å². The number of nitrogens with one attached hydrogen (secondary N) is 2. The Morgan fingerprint density at radius 2 is 2.15 bits per heavy atom. The number of halogens is 1. The van der Waals surface area contributed by atoms with E-state index in [1.807, 2.05) is 13.8 Å². The molecule has 0 saturated carbocycles. The molecule has 0 aromatic carbocycles. The lowest BCUT2D eigenvalue weighted by Gasteiger charge is -2.19. The van der Waals surface area contributed by atoms with Crippen molar-refractivity contribution in [3.63, 3.8) is 0 Å². The second-order valence-electron chi connectivity index (χ2n) is 4.35. The molecule has 0 saturated heterocycles. The first-order chi connectivity index (χ1) is 9.51. The lowest BCUT2D eigenvalue weighted by molar-refractivity contribution is 0.230. The van der Waals surface area contributed by atoms with Crippen LogP contribution in [0.5, 0.6) is 0 Å². The zero-order chi connectivity index (χ0) is 14.7. The number of hydrogen-bond acceptors (Lipinski definition) is 6. The number of fused-ring (bicyclic) bond motifs is 1. The van der Waals surface area contributed by atoms with E-state index in [0.29, 0.717) is 12.4 Å². The Bertz CT molecular complexity index is 675. The van der Waals surface area contributed by atoms with Gasteiger partial charge in [0.05, 0.1) is 6.54 Å². The second-order valence-corrected chi connectivity index (χ2v) is 4.72. The molecule has 0 fully saturated rings. The van der Waals surface area contributed by atoms with Gasteiger partial charge in [-0.05, 0) is 13.8 Å². The Morgan fingerprint density at radius 1 is 1.40 bits per heavy atom. The summed E-state index contributed by atoms with van der Waals surface area (Å²) in [7, 11) is 0. The topological polar surface area (TPSA) is 128 Å². The number of aromatic amines is 2. The SMILES string of the molecule is CC(C)N(CCCl)/N=N/c1nc2nc(N)[nH]c(=O)c2[nH]1. The second kappa shape index (κ2) is 5.87. The van der Waals surface area contributed by atoms with Crippen molar-refractivity contribution in [1.29, 1.82) is 0 Å². The van der Waals surface area contributed by atoms with Gasteiger partial charge >= 0.3 is 0 Å². The molecule has 9 nitrogen and oxygen atoms in total. The maximum Gasteiger partial charge on any atom is 0.278 e. The number of anilines is 1. The van der Waals surface area contributed by atoms with Gasteiger partial charge in [-0.2, -0.15) is 9.97 Å². The van der Waals surface area contributed by atoms with E-state index in [2.05, 4.69) is 30.3 Å². The molecule has 0 aliphatic rings. The zero-order valence-electron chi connectivity index (χ0n) is 11.1. The molecule has 0 radical (unpaired) electrons. The summed E-state index contributed by atoms with van der Waals surface area (Å²) >= 11 is 5.69. The Morgan fingerprint density at radius 3 is 2.80 bits per heavy atom. The summed E-state index contributed by atoms with van der Waals surface area (Å²) in [5, 5.41) is 9.70. The van der Waals surface area contributed by atoms with Crippen LogP contribution in [0.2, 0.25) is 0 Å². The molecule has 0 spiro atoms. The van der Waals surface area contributed by atoms with E-state index in [0.717, 1.165) is 0 Å². The molecule has 2 aromatic rings. The highest BCUT2D eigenvalue weighted by Crippen LogP contribution is 2.13. The monoisotopic (exact) mass is 298 g/mol. The number of aromatic nitrogens is 4. The molecule has 20 heavy (non-hydrogen) atoms. The van der Waals surface area contributed by atoms with Crippen molar-refractivity contribution in [2.24, 2.45) is 10.3 Å². The van der Waals surface area contributed by atoms with Crippen LogP contribution >= 0.6 is 11.6 Å². The highest BCUT2D eigenvalue weighted by molar-refractivity contribution is 6.18. The van der Waals surface area contributed by atoms with Gasteiger partial charge in [0, 0.05) is 11.9 Å². The molecule has 4 N–H and O–H groups in total. The zero-order valence-corrected chi connectivity index (χ0v) is 11.8. The lowest BCUT2D eigenvalue weighted by atomic mass is 10.4. The molecule has 0 atom stereocenters. The molecule has 0 amide bonds. The number of nitrogens with two attached hydrogens (primary N) is 1. The fourth-order valence-electron chi connectivity index (χ4n) is 1.55. The summed E-state index contributed by atoms with van der Waals surface area (Å²) in [4.78, 5) is 24.7.